The fourth-order valence-electron chi connectivity index (χ4n) is 3.25. The lowest BCUT2D eigenvalue weighted by molar-refractivity contribution is 0.0557. The van der Waals surface area contributed by atoms with Crippen molar-refractivity contribution in [2.75, 3.05) is 18.1 Å². The Bertz CT molecular complexity index is 743. The highest BCUT2D eigenvalue weighted by Crippen LogP contribution is 2.30. The van der Waals surface area contributed by atoms with E-state index in [1.807, 2.05) is 47.3 Å². The molecule has 4 heteroatoms. The molecule has 3 rings (SSSR count). The van der Waals surface area contributed by atoms with E-state index in [1.54, 1.807) is 0 Å². The molecule has 0 spiro atoms. The molecule has 0 aliphatic carbocycles. The minimum Gasteiger partial charge on any atom is -0.449 e. The third-order valence-corrected chi connectivity index (χ3v) is 4.50. The highest BCUT2D eigenvalue weighted by Gasteiger charge is 2.24. The summed E-state index contributed by atoms with van der Waals surface area (Å²) in [6.07, 6.45) is 12.6. The second kappa shape index (κ2) is 7.27. The average Bonchev–Trinajstić information content (AvgIpc) is 3.14. The van der Waals surface area contributed by atoms with Crippen LogP contribution in [0.1, 0.15) is 36.5 Å². The quantitative estimate of drug-likeness (QED) is 0.636. The van der Waals surface area contributed by atoms with E-state index in [0.717, 1.165) is 30.8 Å². The number of nitrogens with zero attached hydrogens (tertiary/aromatic N) is 2. The van der Waals surface area contributed by atoms with E-state index >= 15 is 0 Å². The first-order chi connectivity index (χ1) is 11.7. The summed E-state index contributed by atoms with van der Waals surface area (Å²) in [6.45, 7) is 3.15. The van der Waals surface area contributed by atoms with Gasteiger partial charge in [-0.1, -0.05) is 5.92 Å². The summed E-state index contributed by atoms with van der Waals surface area (Å²) in [5.74, 6) is 1.99. The molecule has 1 aromatic heterocycles. The lowest BCUT2D eigenvalue weighted by Crippen LogP contribution is -2.38. The highest BCUT2D eigenvalue weighted by molar-refractivity contribution is 5.96. The molecule has 0 radical (unpaired) electrons. The van der Waals surface area contributed by atoms with E-state index in [0.29, 0.717) is 11.6 Å². The minimum absolute atomic E-state index is 0.0123. The summed E-state index contributed by atoms with van der Waals surface area (Å²) >= 11 is 0. The van der Waals surface area contributed by atoms with Gasteiger partial charge in [0.15, 0.2) is 6.61 Å². The zero-order valence-electron chi connectivity index (χ0n) is 13.9. The van der Waals surface area contributed by atoms with Gasteiger partial charge in [-0.3, -0.25) is 0 Å². The number of carbonyl (C=O) groups excluding carboxylic acids is 1. The molecule has 2 aromatic rings. The number of rotatable bonds is 4. The number of ether oxygens (including phenoxy) is 1. The molecular formula is C20H22N2O2. The predicted molar refractivity (Wildman–Crippen MR) is 95.5 cm³/mol. The zero-order chi connectivity index (χ0) is 16.9. The molecule has 1 fully saturated rings. The SMILES string of the molecule is C#CCOC(=O)c1cc(-n2cccc2)ccc1N1CCCC[C@@H]1C. The predicted octanol–water partition coefficient (Wildman–Crippen LogP) is 3.65. The molecule has 1 aliphatic heterocycles. The number of esters is 1. The van der Waals surface area contributed by atoms with Gasteiger partial charge in [0.25, 0.3) is 0 Å². The number of piperidine rings is 1. The summed E-state index contributed by atoms with van der Waals surface area (Å²) in [5, 5.41) is 0. The van der Waals surface area contributed by atoms with Gasteiger partial charge in [0, 0.05) is 30.7 Å². The fraction of sp³-hybridized carbons (Fsp3) is 0.350. The van der Waals surface area contributed by atoms with Crippen LogP contribution in [0.4, 0.5) is 5.69 Å². The van der Waals surface area contributed by atoms with E-state index in [9.17, 15) is 4.79 Å². The van der Waals surface area contributed by atoms with Crippen molar-refractivity contribution in [3.05, 3.63) is 48.3 Å². The third-order valence-electron chi connectivity index (χ3n) is 4.50. The molecule has 4 nitrogen and oxygen atoms in total. The number of aromatic nitrogens is 1. The van der Waals surface area contributed by atoms with E-state index in [4.69, 9.17) is 11.2 Å². The van der Waals surface area contributed by atoms with E-state index in [-0.39, 0.29) is 12.6 Å². The summed E-state index contributed by atoms with van der Waals surface area (Å²) < 4.78 is 7.18. The molecule has 1 atom stereocenters. The Labute approximate surface area is 143 Å². The number of terminal acetylenes is 1. The lowest BCUT2D eigenvalue weighted by Gasteiger charge is -2.36. The van der Waals surface area contributed by atoms with Crippen LogP contribution in [0.5, 0.6) is 0 Å². The second-order valence-electron chi connectivity index (χ2n) is 6.11. The van der Waals surface area contributed by atoms with Gasteiger partial charge in [0.05, 0.1) is 11.3 Å². The van der Waals surface area contributed by atoms with Crippen molar-refractivity contribution in [1.29, 1.82) is 0 Å². The molecule has 1 aliphatic rings. The van der Waals surface area contributed by atoms with Gasteiger partial charge in [0.1, 0.15) is 0 Å². The van der Waals surface area contributed by atoms with Gasteiger partial charge in [0.2, 0.25) is 0 Å². The molecule has 0 bridgehead atoms. The van der Waals surface area contributed by atoms with Crippen molar-refractivity contribution in [1.82, 2.24) is 4.57 Å². The maximum Gasteiger partial charge on any atom is 0.341 e. The summed E-state index contributed by atoms with van der Waals surface area (Å²) in [6, 6.07) is 10.3. The Morgan fingerprint density at radius 2 is 2.12 bits per heavy atom. The van der Waals surface area contributed by atoms with E-state index in [2.05, 4.69) is 17.7 Å². The molecule has 2 heterocycles. The van der Waals surface area contributed by atoms with Crippen LogP contribution >= 0.6 is 0 Å². The van der Waals surface area contributed by atoms with E-state index in [1.165, 1.54) is 6.42 Å². The summed E-state index contributed by atoms with van der Waals surface area (Å²) in [4.78, 5) is 14.8. The van der Waals surface area contributed by atoms with E-state index < -0.39 is 0 Å². The first kappa shape index (κ1) is 16.2. The largest absolute Gasteiger partial charge is 0.449 e. The van der Waals surface area contributed by atoms with Crippen molar-refractivity contribution >= 4 is 11.7 Å². The number of hydrogen-bond donors (Lipinski definition) is 0. The van der Waals surface area contributed by atoms with Crippen molar-refractivity contribution in [2.45, 2.75) is 32.2 Å². The minimum atomic E-state index is -0.366. The Morgan fingerprint density at radius 3 is 2.83 bits per heavy atom. The van der Waals surface area contributed by atoms with Gasteiger partial charge in [-0.05, 0) is 56.5 Å². The second-order valence-corrected chi connectivity index (χ2v) is 6.11. The van der Waals surface area contributed by atoms with Gasteiger partial charge < -0.3 is 14.2 Å². The lowest BCUT2D eigenvalue weighted by atomic mass is 10.0. The normalized spacial score (nSPS) is 17.3. The van der Waals surface area contributed by atoms with Crippen molar-refractivity contribution < 1.29 is 9.53 Å². The number of hydrogen-bond acceptors (Lipinski definition) is 3. The van der Waals surface area contributed by atoms with Crippen molar-refractivity contribution in [3.8, 4) is 18.0 Å². The topological polar surface area (TPSA) is 34.5 Å². The van der Waals surface area contributed by atoms with Crippen LogP contribution in [0.25, 0.3) is 5.69 Å². The number of carbonyl (C=O) groups is 1. The molecule has 0 N–H and O–H groups in total. The summed E-state index contributed by atoms with van der Waals surface area (Å²) in [5.41, 5.74) is 2.44. The van der Waals surface area contributed by atoms with Crippen molar-refractivity contribution in [2.24, 2.45) is 0 Å². The monoisotopic (exact) mass is 322 g/mol. The van der Waals surface area contributed by atoms with Crippen LogP contribution in [0, 0.1) is 12.3 Å². The Balaban J connectivity index is 2.00. The molecular weight excluding hydrogens is 300 g/mol. The molecule has 1 saturated heterocycles. The third kappa shape index (κ3) is 3.30. The van der Waals surface area contributed by atoms with Gasteiger partial charge >= 0.3 is 5.97 Å². The van der Waals surface area contributed by atoms with Crippen LogP contribution in [0.3, 0.4) is 0 Å². The highest BCUT2D eigenvalue weighted by atomic mass is 16.5. The van der Waals surface area contributed by atoms with Crippen LogP contribution in [0.2, 0.25) is 0 Å². The first-order valence-electron chi connectivity index (χ1n) is 8.35. The number of anilines is 1. The Hall–Kier alpha value is -2.67. The van der Waals surface area contributed by atoms with Gasteiger partial charge in [-0.15, -0.1) is 6.42 Å². The molecule has 1 aromatic carbocycles. The maximum atomic E-state index is 12.5. The molecule has 0 unspecified atom stereocenters. The Kier molecular flexibility index (Phi) is 4.90. The van der Waals surface area contributed by atoms with Crippen LogP contribution in [-0.4, -0.2) is 29.7 Å². The smallest absolute Gasteiger partial charge is 0.341 e. The molecule has 0 amide bonds. The van der Waals surface area contributed by atoms with Crippen molar-refractivity contribution in [3.63, 3.8) is 0 Å². The summed E-state index contributed by atoms with van der Waals surface area (Å²) in [7, 11) is 0. The maximum absolute atomic E-state index is 12.5. The average molecular weight is 322 g/mol. The molecule has 124 valence electrons. The molecule has 0 saturated carbocycles. The van der Waals surface area contributed by atoms with Gasteiger partial charge in [-0.2, -0.15) is 0 Å². The first-order valence-corrected chi connectivity index (χ1v) is 8.35. The zero-order valence-corrected chi connectivity index (χ0v) is 13.9. The Morgan fingerprint density at radius 1 is 1.33 bits per heavy atom. The van der Waals surface area contributed by atoms with Gasteiger partial charge in [-0.25, -0.2) is 4.79 Å². The fourth-order valence-corrected chi connectivity index (χ4v) is 3.25. The van der Waals surface area contributed by atoms with Crippen LogP contribution in [-0.2, 0) is 4.74 Å². The van der Waals surface area contributed by atoms with Crippen LogP contribution < -0.4 is 4.90 Å². The van der Waals surface area contributed by atoms with Crippen LogP contribution in [0.15, 0.2) is 42.7 Å². The standard InChI is InChI=1S/C20H22N2O2/c1-3-14-24-20(23)18-15-17(21-11-6-7-12-21)9-10-19(18)22-13-5-4-8-16(22)2/h1,6-7,9-12,15-16H,4-5,8,13-14H2,2H3/t16-/m0/s1. The molecule has 24 heavy (non-hydrogen) atoms. The number of benzene rings is 1.